The molecule has 5 heteroatoms. The molecule has 1 aromatic carbocycles. The Morgan fingerprint density at radius 2 is 1.81 bits per heavy atom. The molecule has 2 aromatic rings. The predicted molar refractivity (Wildman–Crippen MR) is 83.0 cm³/mol. The molecule has 0 radical (unpaired) electrons. The van der Waals surface area contributed by atoms with E-state index >= 15 is 0 Å². The maximum atomic E-state index is 5.34. The number of ether oxygens (including phenoxy) is 2. The average Bonchev–Trinajstić information content (AvgIpc) is 2.96. The largest absolute Gasteiger partial charge is 0.497 e. The van der Waals surface area contributed by atoms with E-state index in [9.17, 15) is 0 Å². The standard InChI is InChI=1S/C16H23N3O2/c1-5-6-19-11-13(10-18-19)16(17-2)12-7-14(20-3)9-15(8-12)21-4/h7-11,16-17H,5-6H2,1-4H3. The maximum absolute atomic E-state index is 5.34. The number of rotatable bonds is 7. The van der Waals surface area contributed by atoms with Gasteiger partial charge in [0.05, 0.1) is 26.5 Å². The van der Waals surface area contributed by atoms with E-state index in [1.165, 1.54) is 0 Å². The lowest BCUT2D eigenvalue weighted by atomic mass is 10.0. The van der Waals surface area contributed by atoms with Gasteiger partial charge in [-0.3, -0.25) is 4.68 Å². The molecule has 1 N–H and O–H groups in total. The Labute approximate surface area is 125 Å². The third-order valence-corrected chi connectivity index (χ3v) is 3.44. The summed E-state index contributed by atoms with van der Waals surface area (Å²) in [5.41, 5.74) is 2.21. The van der Waals surface area contributed by atoms with E-state index in [0.29, 0.717) is 0 Å². The van der Waals surface area contributed by atoms with Crippen LogP contribution in [0.2, 0.25) is 0 Å². The third kappa shape index (κ3) is 3.55. The van der Waals surface area contributed by atoms with Crippen molar-refractivity contribution in [3.05, 3.63) is 41.7 Å². The molecule has 1 unspecified atom stereocenters. The number of hydrogen-bond donors (Lipinski definition) is 1. The molecule has 1 aromatic heterocycles. The molecule has 0 spiro atoms. The van der Waals surface area contributed by atoms with E-state index in [1.807, 2.05) is 36.1 Å². The van der Waals surface area contributed by atoms with E-state index < -0.39 is 0 Å². The number of aryl methyl sites for hydroxylation is 1. The van der Waals surface area contributed by atoms with Crippen molar-refractivity contribution in [2.45, 2.75) is 25.9 Å². The first-order valence-corrected chi connectivity index (χ1v) is 7.14. The zero-order valence-corrected chi connectivity index (χ0v) is 13.1. The van der Waals surface area contributed by atoms with Gasteiger partial charge in [0.25, 0.3) is 0 Å². The summed E-state index contributed by atoms with van der Waals surface area (Å²) in [5.74, 6) is 1.57. The minimum absolute atomic E-state index is 0.0552. The number of hydrogen-bond acceptors (Lipinski definition) is 4. The highest BCUT2D eigenvalue weighted by Gasteiger charge is 2.16. The van der Waals surface area contributed by atoms with E-state index in [-0.39, 0.29) is 6.04 Å². The molecule has 0 aliphatic heterocycles. The first kappa shape index (κ1) is 15.4. The van der Waals surface area contributed by atoms with Crippen LogP contribution in [0.15, 0.2) is 30.6 Å². The molecular weight excluding hydrogens is 266 g/mol. The fourth-order valence-electron chi connectivity index (χ4n) is 2.40. The molecule has 2 rings (SSSR count). The van der Waals surface area contributed by atoms with E-state index in [1.54, 1.807) is 14.2 Å². The van der Waals surface area contributed by atoms with Crippen LogP contribution in [0.5, 0.6) is 11.5 Å². The van der Waals surface area contributed by atoms with Gasteiger partial charge in [-0.2, -0.15) is 5.10 Å². The zero-order valence-electron chi connectivity index (χ0n) is 13.1. The van der Waals surface area contributed by atoms with Crippen LogP contribution in [0.4, 0.5) is 0 Å². The molecule has 114 valence electrons. The van der Waals surface area contributed by atoms with Crippen molar-refractivity contribution in [1.29, 1.82) is 0 Å². The van der Waals surface area contributed by atoms with E-state index in [0.717, 1.165) is 35.6 Å². The molecule has 0 amide bonds. The van der Waals surface area contributed by atoms with Gasteiger partial charge in [-0.1, -0.05) is 6.92 Å². The second-order valence-electron chi connectivity index (χ2n) is 4.90. The molecule has 0 saturated carbocycles. The van der Waals surface area contributed by atoms with Crippen molar-refractivity contribution in [3.63, 3.8) is 0 Å². The Morgan fingerprint density at radius 1 is 1.14 bits per heavy atom. The molecule has 0 bridgehead atoms. The van der Waals surface area contributed by atoms with Crippen LogP contribution in [0.25, 0.3) is 0 Å². The summed E-state index contributed by atoms with van der Waals surface area (Å²) in [6.07, 6.45) is 5.05. The maximum Gasteiger partial charge on any atom is 0.122 e. The van der Waals surface area contributed by atoms with Crippen LogP contribution in [-0.2, 0) is 6.54 Å². The Hall–Kier alpha value is -2.01. The minimum atomic E-state index is 0.0552. The fourth-order valence-corrected chi connectivity index (χ4v) is 2.40. The number of benzene rings is 1. The van der Waals surface area contributed by atoms with Crippen molar-refractivity contribution in [2.24, 2.45) is 0 Å². The minimum Gasteiger partial charge on any atom is -0.497 e. The third-order valence-electron chi connectivity index (χ3n) is 3.44. The first-order chi connectivity index (χ1) is 10.2. The Balaban J connectivity index is 2.35. The van der Waals surface area contributed by atoms with Gasteiger partial charge in [-0.15, -0.1) is 0 Å². The van der Waals surface area contributed by atoms with Crippen LogP contribution in [0.3, 0.4) is 0 Å². The molecule has 5 nitrogen and oxygen atoms in total. The number of nitrogens with one attached hydrogen (secondary N) is 1. The van der Waals surface area contributed by atoms with Gasteiger partial charge in [-0.25, -0.2) is 0 Å². The molecule has 0 saturated heterocycles. The van der Waals surface area contributed by atoms with E-state index in [2.05, 4.69) is 23.5 Å². The molecule has 0 aliphatic carbocycles. The van der Waals surface area contributed by atoms with Gasteiger partial charge in [0.2, 0.25) is 0 Å². The lowest BCUT2D eigenvalue weighted by Crippen LogP contribution is -2.17. The second kappa shape index (κ2) is 7.13. The summed E-state index contributed by atoms with van der Waals surface area (Å²) in [6, 6.07) is 5.96. The highest BCUT2D eigenvalue weighted by atomic mass is 16.5. The topological polar surface area (TPSA) is 48.3 Å². The number of aromatic nitrogens is 2. The quantitative estimate of drug-likeness (QED) is 0.851. The Bertz CT molecular complexity index is 558. The molecular formula is C16H23N3O2. The molecule has 21 heavy (non-hydrogen) atoms. The number of nitrogens with zero attached hydrogens (tertiary/aromatic N) is 2. The molecule has 0 fully saturated rings. The van der Waals surface area contributed by atoms with Gasteiger partial charge < -0.3 is 14.8 Å². The van der Waals surface area contributed by atoms with Crippen LogP contribution < -0.4 is 14.8 Å². The summed E-state index contributed by atoms with van der Waals surface area (Å²) in [4.78, 5) is 0. The highest BCUT2D eigenvalue weighted by molar-refractivity contribution is 5.42. The SMILES string of the molecule is CCCn1cc(C(NC)c2cc(OC)cc(OC)c2)cn1. The smallest absolute Gasteiger partial charge is 0.122 e. The van der Waals surface area contributed by atoms with Crippen molar-refractivity contribution in [3.8, 4) is 11.5 Å². The van der Waals surface area contributed by atoms with Crippen molar-refractivity contribution in [1.82, 2.24) is 15.1 Å². The van der Waals surface area contributed by atoms with Crippen LogP contribution in [0.1, 0.15) is 30.5 Å². The average molecular weight is 289 g/mol. The van der Waals surface area contributed by atoms with Gasteiger partial charge in [0.1, 0.15) is 11.5 Å². The zero-order chi connectivity index (χ0) is 15.2. The summed E-state index contributed by atoms with van der Waals surface area (Å²) < 4.78 is 12.7. The fraction of sp³-hybridized carbons (Fsp3) is 0.438. The van der Waals surface area contributed by atoms with Crippen LogP contribution in [0, 0.1) is 0 Å². The normalized spacial score (nSPS) is 12.2. The molecule has 0 aliphatic rings. The van der Waals surface area contributed by atoms with Crippen molar-refractivity contribution in [2.75, 3.05) is 21.3 Å². The lowest BCUT2D eigenvalue weighted by molar-refractivity contribution is 0.392. The Morgan fingerprint density at radius 3 is 2.33 bits per heavy atom. The number of methoxy groups -OCH3 is 2. The highest BCUT2D eigenvalue weighted by Crippen LogP contribution is 2.29. The molecule has 1 heterocycles. The van der Waals surface area contributed by atoms with Gasteiger partial charge in [-0.05, 0) is 31.2 Å². The predicted octanol–water partition coefficient (Wildman–Crippen LogP) is 2.62. The molecule has 1 atom stereocenters. The van der Waals surface area contributed by atoms with Gasteiger partial charge in [0, 0.05) is 24.4 Å². The summed E-state index contributed by atoms with van der Waals surface area (Å²) in [7, 11) is 5.26. The summed E-state index contributed by atoms with van der Waals surface area (Å²) in [5, 5.41) is 7.73. The van der Waals surface area contributed by atoms with Crippen molar-refractivity contribution < 1.29 is 9.47 Å². The first-order valence-electron chi connectivity index (χ1n) is 7.14. The van der Waals surface area contributed by atoms with Crippen molar-refractivity contribution >= 4 is 0 Å². The van der Waals surface area contributed by atoms with Gasteiger partial charge >= 0.3 is 0 Å². The summed E-state index contributed by atoms with van der Waals surface area (Å²) in [6.45, 7) is 3.07. The van der Waals surface area contributed by atoms with Gasteiger partial charge in [0.15, 0.2) is 0 Å². The van der Waals surface area contributed by atoms with Crippen LogP contribution in [-0.4, -0.2) is 31.0 Å². The lowest BCUT2D eigenvalue weighted by Gasteiger charge is -2.17. The van der Waals surface area contributed by atoms with Crippen LogP contribution >= 0.6 is 0 Å². The monoisotopic (exact) mass is 289 g/mol. The summed E-state index contributed by atoms with van der Waals surface area (Å²) >= 11 is 0. The Kier molecular flexibility index (Phi) is 5.22. The van der Waals surface area contributed by atoms with E-state index in [4.69, 9.17) is 9.47 Å². The second-order valence-corrected chi connectivity index (χ2v) is 4.90.